The second-order valence-corrected chi connectivity index (χ2v) is 4.53. The van der Waals surface area contributed by atoms with E-state index in [0.29, 0.717) is 6.42 Å². The zero-order valence-electron chi connectivity index (χ0n) is 8.21. The van der Waals surface area contributed by atoms with E-state index in [4.69, 9.17) is 9.47 Å². The molecule has 1 atom stereocenters. The van der Waals surface area contributed by atoms with E-state index in [1.807, 2.05) is 13.8 Å². The van der Waals surface area contributed by atoms with Crippen molar-refractivity contribution in [3.8, 4) is 0 Å². The monoisotopic (exact) mass is 184 g/mol. The number of aldehydes is 1. The van der Waals surface area contributed by atoms with E-state index in [9.17, 15) is 4.79 Å². The van der Waals surface area contributed by atoms with Gasteiger partial charge in [0.15, 0.2) is 5.79 Å². The molecule has 0 unspecified atom stereocenters. The third-order valence-electron chi connectivity index (χ3n) is 2.68. The highest BCUT2D eigenvalue weighted by Gasteiger charge is 2.53. The van der Waals surface area contributed by atoms with Crippen LogP contribution in [-0.4, -0.2) is 23.8 Å². The average molecular weight is 184 g/mol. The average Bonchev–Trinajstić information content (AvgIpc) is 2.65. The fourth-order valence-corrected chi connectivity index (χ4v) is 2.13. The fourth-order valence-electron chi connectivity index (χ4n) is 2.13. The molecule has 1 heterocycles. The van der Waals surface area contributed by atoms with Gasteiger partial charge in [-0.15, -0.1) is 0 Å². The summed E-state index contributed by atoms with van der Waals surface area (Å²) in [6.45, 7) is 3.84. The number of carbonyl (C=O) groups is 1. The SMILES string of the molecule is CC1(C)O[C@H](CC=O)CC2(CC2)O1. The highest BCUT2D eigenvalue weighted by molar-refractivity contribution is 5.50. The molecule has 13 heavy (non-hydrogen) atoms. The molecule has 0 aromatic heterocycles. The molecular weight excluding hydrogens is 168 g/mol. The van der Waals surface area contributed by atoms with Gasteiger partial charge in [-0.3, -0.25) is 0 Å². The normalized spacial score (nSPS) is 34.5. The third-order valence-corrected chi connectivity index (χ3v) is 2.68. The van der Waals surface area contributed by atoms with Crippen molar-refractivity contribution in [2.24, 2.45) is 0 Å². The smallest absolute Gasteiger partial charge is 0.163 e. The summed E-state index contributed by atoms with van der Waals surface area (Å²) in [5.41, 5.74) is 0.0510. The Kier molecular flexibility index (Phi) is 1.96. The van der Waals surface area contributed by atoms with Gasteiger partial charge in [0.25, 0.3) is 0 Å². The van der Waals surface area contributed by atoms with Crippen LogP contribution in [0, 0.1) is 0 Å². The Morgan fingerprint density at radius 3 is 2.69 bits per heavy atom. The molecule has 1 spiro atoms. The summed E-state index contributed by atoms with van der Waals surface area (Å²) in [5, 5.41) is 0. The van der Waals surface area contributed by atoms with E-state index in [0.717, 1.165) is 25.5 Å². The first-order valence-electron chi connectivity index (χ1n) is 4.87. The first kappa shape index (κ1) is 9.16. The Morgan fingerprint density at radius 2 is 2.15 bits per heavy atom. The van der Waals surface area contributed by atoms with E-state index in [1.165, 1.54) is 0 Å². The van der Waals surface area contributed by atoms with Crippen LogP contribution < -0.4 is 0 Å². The predicted octanol–water partition coefficient (Wildman–Crippen LogP) is 1.65. The second kappa shape index (κ2) is 2.79. The molecule has 0 aromatic carbocycles. The summed E-state index contributed by atoms with van der Waals surface area (Å²) in [6.07, 6.45) is 4.61. The second-order valence-electron chi connectivity index (χ2n) is 4.53. The lowest BCUT2D eigenvalue weighted by Gasteiger charge is -2.40. The van der Waals surface area contributed by atoms with E-state index in [-0.39, 0.29) is 11.7 Å². The maximum Gasteiger partial charge on any atom is 0.163 e. The van der Waals surface area contributed by atoms with Crippen LogP contribution in [0.15, 0.2) is 0 Å². The van der Waals surface area contributed by atoms with E-state index < -0.39 is 5.79 Å². The zero-order valence-corrected chi connectivity index (χ0v) is 8.21. The molecule has 0 aromatic rings. The number of hydrogen-bond donors (Lipinski definition) is 0. The molecule has 3 heteroatoms. The van der Waals surface area contributed by atoms with Gasteiger partial charge in [-0.05, 0) is 26.7 Å². The van der Waals surface area contributed by atoms with E-state index in [2.05, 4.69) is 0 Å². The van der Waals surface area contributed by atoms with Crippen molar-refractivity contribution < 1.29 is 14.3 Å². The van der Waals surface area contributed by atoms with Crippen molar-refractivity contribution in [1.82, 2.24) is 0 Å². The molecule has 1 aliphatic heterocycles. The maximum atomic E-state index is 10.4. The van der Waals surface area contributed by atoms with Gasteiger partial charge < -0.3 is 14.3 Å². The van der Waals surface area contributed by atoms with Crippen molar-refractivity contribution in [3.63, 3.8) is 0 Å². The molecule has 0 amide bonds. The lowest BCUT2D eigenvalue weighted by Crippen LogP contribution is -2.45. The minimum Gasteiger partial charge on any atom is -0.347 e. The first-order chi connectivity index (χ1) is 6.05. The van der Waals surface area contributed by atoms with Gasteiger partial charge in [0.2, 0.25) is 0 Å². The summed E-state index contributed by atoms with van der Waals surface area (Å²) >= 11 is 0. The molecule has 2 rings (SSSR count). The van der Waals surface area contributed by atoms with Gasteiger partial charge >= 0.3 is 0 Å². The molecule has 2 aliphatic rings. The van der Waals surface area contributed by atoms with Crippen LogP contribution >= 0.6 is 0 Å². The van der Waals surface area contributed by atoms with Gasteiger partial charge in [-0.1, -0.05) is 0 Å². The molecule has 1 saturated carbocycles. The molecule has 0 bridgehead atoms. The van der Waals surface area contributed by atoms with Crippen LogP contribution in [0.1, 0.15) is 39.5 Å². The zero-order chi connectivity index (χ0) is 9.53. The fraction of sp³-hybridized carbons (Fsp3) is 0.900. The lowest BCUT2D eigenvalue weighted by atomic mass is 10.0. The topological polar surface area (TPSA) is 35.5 Å². The van der Waals surface area contributed by atoms with Crippen LogP contribution in [0.5, 0.6) is 0 Å². The summed E-state index contributed by atoms with van der Waals surface area (Å²) in [7, 11) is 0. The molecule has 74 valence electrons. The van der Waals surface area contributed by atoms with E-state index in [1.54, 1.807) is 0 Å². The van der Waals surface area contributed by atoms with Gasteiger partial charge in [0.1, 0.15) is 6.29 Å². The van der Waals surface area contributed by atoms with Crippen molar-refractivity contribution in [2.75, 3.05) is 0 Å². The quantitative estimate of drug-likeness (QED) is 0.612. The molecule has 0 N–H and O–H groups in total. The van der Waals surface area contributed by atoms with Crippen LogP contribution in [-0.2, 0) is 14.3 Å². The minimum absolute atomic E-state index is 0.0510. The highest BCUT2D eigenvalue weighted by atomic mass is 16.7. The Balaban J connectivity index is 2.03. The van der Waals surface area contributed by atoms with Crippen LogP contribution in [0.25, 0.3) is 0 Å². The molecule has 3 nitrogen and oxygen atoms in total. The van der Waals surface area contributed by atoms with Crippen molar-refractivity contribution >= 4 is 6.29 Å². The van der Waals surface area contributed by atoms with E-state index >= 15 is 0 Å². The summed E-state index contributed by atoms with van der Waals surface area (Å²) in [5.74, 6) is -0.511. The van der Waals surface area contributed by atoms with Gasteiger partial charge in [0.05, 0.1) is 11.7 Å². The number of hydrogen-bond acceptors (Lipinski definition) is 3. The Bertz CT molecular complexity index is 212. The number of ether oxygens (including phenoxy) is 2. The number of carbonyl (C=O) groups excluding carboxylic acids is 1. The predicted molar refractivity (Wildman–Crippen MR) is 47.3 cm³/mol. The summed E-state index contributed by atoms with van der Waals surface area (Å²) < 4.78 is 11.4. The standard InChI is InChI=1S/C10H16O3/c1-9(2)12-8(3-6-11)7-10(13-9)4-5-10/h6,8H,3-5,7H2,1-2H3/t8-/m1/s1. The highest BCUT2D eigenvalue weighted by Crippen LogP contribution is 2.50. The van der Waals surface area contributed by atoms with Gasteiger partial charge in [0, 0.05) is 12.8 Å². The molecule has 1 aliphatic carbocycles. The van der Waals surface area contributed by atoms with Gasteiger partial charge in [-0.2, -0.15) is 0 Å². The molecule has 0 radical (unpaired) electrons. The van der Waals surface area contributed by atoms with Crippen LogP contribution in [0.4, 0.5) is 0 Å². The molecule has 1 saturated heterocycles. The minimum atomic E-state index is -0.511. The van der Waals surface area contributed by atoms with Crippen molar-refractivity contribution in [2.45, 2.75) is 57.0 Å². The van der Waals surface area contributed by atoms with Gasteiger partial charge in [-0.25, -0.2) is 0 Å². The lowest BCUT2D eigenvalue weighted by molar-refractivity contribution is -0.307. The largest absolute Gasteiger partial charge is 0.347 e. The Labute approximate surface area is 78.4 Å². The summed E-state index contributed by atoms with van der Waals surface area (Å²) in [4.78, 5) is 10.4. The van der Waals surface area contributed by atoms with Crippen LogP contribution in [0.2, 0.25) is 0 Å². The Morgan fingerprint density at radius 1 is 1.46 bits per heavy atom. The first-order valence-corrected chi connectivity index (χ1v) is 4.87. The Hall–Kier alpha value is -0.410. The third kappa shape index (κ3) is 1.92. The molecule has 2 fully saturated rings. The van der Waals surface area contributed by atoms with Crippen molar-refractivity contribution in [1.29, 1.82) is 0 Å². The summed E-state index contributed by atoms with van der Waals surface area (Å²) in [6, 6.07) is 0. The van der Waals surface area contributed by atoms with Crippen LogP contribution in [0.3, 0.4) is 0 Å². The molecular formula is C10H16O3. The van der Waals surface area contributed by atoms with Crippen molar-refractivity contribution in [3.05, 3.63) is 0 Å². The maximum absolute atomic E-state index is 10.4. The number of rotatable bonds is 2.